The van der Waals surface area contributed by atoms with Crippen molar-refractivity contribution in [3.8, 4) is 0 Å². The number of hydrogen-bond donors (Lipinski definition) is 1. The summed E-state index contributed by atoms with van der Waals surface area (Å²) < 4.78 is 5.03. The third-order valence-corrected chi connectivity index (χ3v) is 3.55. The van der Waals surface area contributed by atoms with Gasteiger partial charge in [0.05, 0.1) is 0 Å². The lowest BCUT2D eigenvalue weighted by molar-refractivity contribution is 0.192. The molecule has 0 amide bonds. The molecule has 0 spiro atoms. The van der Waals surface area contributed by atoms with Gasteiger partial charge in [-0.1, -0.05) is 24.3 Å². The lowest BCUT2D eigenvalue weighted by Gasteiger charge is -2.30. The first-order chi connectivity index (χ1) is 8.42. The first kappa shape index (κ1) is 12.6. The molecule has 1 aromatic carbocycles. The van der Waals surface area contributed by atoms with Gasteiger partial charge >= 0.3 is 0 Å². The highest BCUT2D eigenvalue weighted by atomic mass is 16.5. The fourth-order valence-electron chi connectivity index (χ4n) is 2.49. The summed E-state index contributed by atoms with van der Waals surface area (Å²) in [6.07, 6.45) is 4.97. The second-order valence-electron chi connectivity index (χ2n) is 4.86. The molecule has 0 bridgehead atoms. The molecular formula is C15H23NO. The number of unbranched alkanes of at least 4 members (excludes halogenated alkanes) is 2. The number of nitrogens with one attached hydrogen (secondary N) is 1. The molecule has 1 aliphatic carbocycles. The Kier molecular flexibility index (Phi) is 5.02. The van der Waals surface area contributed by atoms with Crippen LogP contribution in [0.2, 0.25) is 0 Å². The fraction of sp³-hybridized carbons (Fsp3) is 0.600. The molecule has 1 unspecified atom stereocenters. The van der Waals surface area contributed by atoms with Crippen LogP contribution in [0.1, 0.15) is 36.3 Å². The summed E-state index contributed by atoms with van der Waals surface area (Å²) in [6.45, 7) is 3.18. The van der Waals surface area contributed by atoms with Crippen molar-refractivity contribution in [1.29, 1.82) is 0 Å². The molecule has 0 aromatic heterocycles. The van der Waals surface area contributed by atoms with Gasteiger partial charge in [0.15, 0.2) is 0 Å². The van der Waals surface area contributed by atoms with Crippen molar-refractivity contribution in [3.63, 3.8) is 0 Å². The summed E-state index contributed by atoms with van der Waals surface area (Å²) >= 11 is 0. The van der Waals surface area contributed by atoms with Crippen LogP contribution in [0.15, 0.2) is 24.3 Å². The topological polar surface area (TPSA) is 21.3 Å². The Morgan fingerprint density at radius 2 is 2.12 bits per heavy atom. The fourth-order valence-corrected chi connectivity index (χ4v) is 2.49. The molecule has 0 saturated carbocycles. The van der Waals surface area contributed by atoms with Crippen LogP contribution in [-0.4, -0.2) is 26.8 Å². The van der Waals surface area contributed by atoms with Crippen molar-refractivity contribution >= 4 is 0 Å². The molecule has 0 aliphatic heterocycles. The highest BCUT2D eigenvalue weighted by Gasteiger charge is 2.24. The number of ether oxygens (including phenoxy) is 1. The van der Waals surface area contributed by atoms with E-state index < -0.39 is 0 Å². The molecule has 2 rings (SSSR count). The SMILES string of the molecule is COCCCCCNCC1Cc2ccccc21. The van der Waals surface area contributed by atoms with Gasteiger partial charge in [-0.3, -0.25) is 0 Å². The Balaban J connectivity index is 1.53. The minimum absolute atomic E-state index is 0.755. The first-order valence-corrected chi connectivity index (χ1v) is 6.69. The van der Waals surface area contributed by atoms with Crippen LogP contribution in [0.5, 0.6) is 0 Å². The van der Waals surface area contributed by atoms with E-state index in [4.69, 9.17) is 4.74 Å². The quantitative estimate of drug-likeness (QED) is 0.697. The molecule has 17 heavy (non-hydrogen) atoms. The van der Waals surface area contributed by atoms with Crippen LogP contribution in [0, 0.1) is 0 Å². The molecule has 0 radical (unpaired) electrons. The van der Waals surface area contributed by atoms with Gasteiger partial charge in [0.25, 0.3) is 0 Å². The number of fused-ring (bicyclic) bond motifs is 1. The average molecular weight is 233 g/mol. The van der Waals surface area contributed by atoms with Crippen molar-refractivity contribution in [2.24, 2.45) is 0 Å². The van der Waals surface area contributed by atoms with Gasteiger partial charge in [-0.05, 0) is 43.4 Å². The van der Waals surface area contributed by atoms with Crippen LogP contribution >= 0.6 is 0 Å². The number of methoxy groups -OCH3 is 1. The highest BCUT2D eigenvalue weighted by Crippen LogP contribution is 2.33. The van der Waals surface area contributed by atoms with E-state index in [1.807, 2.05) is 0 Å². The molecule has 1 aliphatic rings. The van der Waals surface area contributed by atoms with Crippen molar-refractivity contribution in [2.45, 2.75) is 31.6 Å². The normalized spacial score (nSPS) is 17.6. The largest absolute Gasteiger partial charge is 0.385 e. The molecular weight excluding hydrogens is 210 g/mol. The van der Waals surface area contributed by atoms with Gasteiger partial charge in [-0.15, -0.1) is 0 Å². The van der Waals surface area contributed by atoms with Gasteiger partial charge in [-0.2, -0.15) is 0 Å². The van der Waals surface area contributed by atoms with E-state index in [2.05, 4.69) is 29.6 Å². The maximum atomic E-state index is 5.03. The average Bonchev–Trinajstić information content (AvgIpc) is 2.33. The Morgan fingerprint density at radius 1 is 1.24 bits per heavy atom. The van der Waals surface area contributed by atoms with Gasteiger partial charge < -0.3 is 10.1 Å². The van der Waals surface area contributed by atoms with Crippen LogP contribution in [0.25, 0.3) is 0 Å². The second-order valence-corrected chi connectivity index (χ2v) is 4.86. The Morgan fingerprint density at radius 3 is 2.94 bits per heavy atom. The Labute approximate surface area is 104 Å². The maximum Gasteiger partial charge on any atom is 0.0462 e. The van der Waals surface area contributed by atoms with E-state index in [-0.39, 0.29) is 0 Å². The predicted molar refractivity (Wildman–Crippen MR) is 71.5 cm³/mol. The van der Waals surface area contributed by atoms with E-state index in [0.29, 0.717) is 0 Å². The smallest absolute Gasteiger partial charge is 0.0462 e. The zero-order valence-electron chi connectivity index (χ0n) is 10.7. The molecule has 1 N–H and O–H groups in total. The lowest BCUT2D eigenvalue weighted by Crippen LogP contribution is -2.29. The van der Waals surface area contributed by atoms with E-state index in [1.54, 1.807) is 18.2 Å². The van der Waals surface area contributed by atoms with E-state index in [9.17, 15) is 0 Å². The standard InChI is InChI=1S/C15H23NO/c1-17-10-6-2-5-9-16-12-14-11-13-7-3-4-8-15(13)14/h3-4,7-8,14,16H,2,5-6,9-12H2,1H3. The lowest BCUT2D eigenvalue weighted by atomic mass is 9.77. The van der Waals surface area contributed by atoms with Gasteiger partial charge in [-0.25, -0.2) is 0 Å². The summed E-state index contributed by atoms with van der Waals surface area (Å²) in [5.41, 5.74) is 3.10. The molecule has 1 aromatic rings. The maximum absolute atomic E-state index is 5.03. The number of hydrogen-bond acceptors (Lipinski definition) is 2. The molecule has 0 saturated heterocycles. The summed E-state index contributed by atoms with van der Waals surface area (Å²) in [7, 11) is 1.77. The summed E-state index contributed by atoms with van der Waals surface area (Å²) in [6, 6.07) is 8.80. The molecule has 0 fully saturated rings. The Hall–Kier alpha value is -0.860. The van der Waals surface area contributed by atoms with E-state index in [0.717, 1.165) is 25.6 Å². The predicted octanol–water partition coefficient (Wildman–Crippen LogP) is 2.73. The molecule has 2 heteroatoms. The zero-order valence-corrected chi connectivity index (χ0v) is 10.7. The third-order valence-electron chi connectivity index (χ3n) is 3.55. The summed E-state index contributed by atoms with van der Waals surface area (Å²) in [4.78, 5) is 0. The van der Waals surface area contributed by atoms with E-state index >= 15 is 0 Å². The van der Waals surface area contributed by atoms with Gasteiger partial charge in [0.1, 0.15) is 0 Å². The highest BCUT2D eigenvalue weighted by molar-refractivity contribution is 5.40. The first-order valence-electron chi connectivity index (χ1n) is 6.69. The zero-order chi connectivity index (χ0) is 11.9. The van der Waals surface area contributed by atoms with Gasteiger partial charge in [0, 0.05) is 26.2 Å². The van der Waals surface area contributed by atoms with Crippen LogP contribution < -0.4 is 5.32 Å². The molecule has 1 atom stereocenters. The minimum Gasteiger partial charge on any atom is -0.385 e. The van der Waals surface area contributed by atoms with Crippen molar-refractivity contribution in [3.05, 3.63) is 35.4 Å². The molecule has 94 valence electrons. The summed E-state index contributed by atoms with van der Waals surface area (Å²) in [5.74, 6) is 0.755. The third kappa shape index (κ3) is 3.55. The Bertz CT molecular complexity index is 337. The van der Waals surface area contributed by atoms with Crippen molar-refractivity contribution in [1.82, 2.24) is 5.32 Å². The molecule has 2 nitrogen and oxygen atoms in total. The number of benzene rings is 1. The van der Waals surface area contributed by atoms with E-state index in [1.165, 1.54) is 25.7 Å². The van der Waals surface area contributed by atoms with Gasteiger partial charge in [0.2, 0.25) is 0 Å². The van der Waals surface area contributed by atoms with Crippen LogP contribution in [0.3, 0.4) is 0 Å². The van der Waals surface area contributed by atoms with Crippen molar-refractivity contribution < 1.29 is 4.74 Å². The summed E-state index contributed by atoms with van der Waals surface area (Å²) in [5, 5.41) is 3.56. The monoisotopic (exact) mass is 233 g/mol. The molecule has 0 heterocycles. The van der Waals surface area contributed by atoms with Crippen LogP contribution in [0.4, 0.5) is 0 Å². The van der Waals surface area contributed by atoms with Crippen LogP contribution in [-0.2, 0) is 11.2 Å². The minimum atomic E-state index is 0.755. The number of rotatable bonds is 8. The van der Waals surface area contributed by atoms with Crippen molar-refractivity contribution in [2.75, 3.05) is 26.8 Å². The second kappa shape index (κ2) is 6.77.